The predicted octanol–water partition coefficient (Wildman–Crippen LogP) is 4.66. The Morgan fingerprint density at radius 3 is 2.53 bits per heavy atom. The Labute approximate surface area is 177 Å². The van der Waals surface area contributed by atoms with Crippen molar-refractivity contribution in [3.05, 3.63) is 76.6 Å². The molecule has 1 unspecified atom stereocenters. The molecule has 2 aromatic carbocycles. The average molecular weight is 402 g/mol. The van der Waals surface area contributed by atoms with E-state index in [4.69, 9.17) is 9.84 Å². The summed E-state index contributed by atoms with van der Waals surface area (Å²) in [5.41, 5.74) is 6.40. The summed E-state index contributed by atoms with van der Waals surface area (Å²) in [4.78, 5) is 15.7. The molecule has 2 heterocycles. The maximum Gasteiger partial charge on any atom is 0.275 e. The van der Waals surface area contributed by atoms with Gasteiger partial charge in [-0.3, -0.25) is 4.79 Å². The van der Waals surface area contributed by atoms with Gasteiger partial charge in [0.25, 0.3) is 5.91 Å². The highest BCUT2D eigenvalue weighted by molar-refractivity contribution is 5.94. The smallest absolute Gasteiger partial charge is 0.275 e. The predicted molar refractivity (Wildman–Crippen MR) is 116 cm³/mol. The van der Waals surface area contributed by atoms with Gasteiger partial charge in [-0.05, 0) is 68.9 Å². The Balaban J connectivity index is 1.48. The number of rotatable bonds is 4. The maximum atomic E-state index is 13.6. The molecule has 5 rings (SSSR count). The highest BCUT2D eigenvalue weighted by Crippen LogP contribution is 2.36. The van der Waals surface area contributed by atoms with Crippen LogP contribution in [0.15, 0.2) is 48.5 Å². The number of ether oxygens (including phenoxy) is 1. The maximum absolute atomic E-state index is 13.6. The van der Waals surface area contributed by atoms with Crippen molar-refractivity contribution in [2.45, 2.75) is 45.1 Å². The van der Waals surface area contributed by atoms with Crippen molar-refractivity contribution < 1.29 is 9.53 Å². The lowest BCUT2D eigenvalue weighted by molar-refractivity contribution is 0.0728. The Kier molecular flexibility index (Phi) is 4.81. The monoisotopic (exact) mass is 401 g/mol. The molecule has 1 aliphatic heterocycles. The Morgan fingerprint density at radius 2 is 1.80 bits per heavy atom. The lowest BCUT2D eigenvalue weighted by Gasteiger charge is -2.25. The van der Waals surface area contributed by atoms with E-state index in [1.165, 1.54) is 11.3 Å². The minimum atomic E-state index is 0.0670. The zero-order valence-electron chi connectivity index (χ0n) is 17.6. The zero-order chi connectivity index (χ0) is 20.7. The molecular formula is C25H27N3O2. The fourth-order valence-electron chi connectivity index (χ4n) is 4.83. The number of aromatic nitrogens is 2. The third kappa shape index (κ3) is 3.18. The van der Waals surface area contributed by atoms with Crippen LogP contribution in [0, 0.1) is 6.92 Å². The quantitative estimate of drug-likeness (QED) is 0.639. The van der Waals surface area contributed by atoms with Crippen LogP contribution in [0.2, 0.25) is 0 Å². The second-order valence-corrected chi connectivity index (χ2v) is 8.30. The number of hydrogen-bond donors (Lipinski definition) is 0. The third-order valence-corrected chi connectivity index (χ3v) is 6.43. The molecule has 0 saturated carbocycles. The summed E-state index contributed by atoms with van der Waals surface area (Å²) >= 11 is 0. The number of likely N-dealkylation sites (tertiary alicyclic amines) is 1. The van der Waals surface area contributed by atoms with Gasteiger partial charge in [0, 0.05) is 17.8 Å². The van der Waals surface area contributed by atoms with Gasteiger partial charge in [-0.2, -0.15) is 5.10 Å². The van der Waals surface area contributed by atoms with E-state index in [-0.39, 0.29) is 11.9 Å². The highest BCUT2D eigenvalue weighted by atomic mass is 16.5. The van der Waals surface area contributed by atoms with Gasteiger partial charge in [0.1, 0.15) is 5.75 Å². The largest absolute Gasteiger partial charge is 0.497 e. The van der Waals surface area contributed by atoms with Gasteiger partial charge in [-0.15, -0.1) is 0 Å². The molecule has 0 bridgehead atoms. The van der Waals surface area contributed by atoms with Crippen molar-refractivity contribution in [3.63, 3.8) is 0 Å². The molecule has 1 saturated heterocycles. The van der Waals surface area contributed by atoms with Gasteiger partial charge in [0.2, 0.25) is 0 Å². The Morgan fingerprint density at radius 1 is 1.03 bits per heavy atom. The molecule has 1 atom stereocenters. The minimum Gasteiger partial charge on any atom is -0.497 e. The minimum absolute atomic E-state index is 0.0670. The fourth-order valence-corrected chi connectivity index (χ4v) is 4.83. The van der Waals surface area contributed by atoms with E-state index in [2.05, 4.69) is 43.3 Å². The molecule has 1 fully saturated rings. The molecule has 1 amide bonds. The van der Waals surface area contributed by atoms with Crippen LogP contribution in [0.1, 0.15) is 58.2 Å². The molecule has 0 radical (unpaired) electrons. The number of nitrogens with zero attached hydrogens (tertiary/aromatic N) is 3. The molecule has 5 nitrogen and oxygen atoms in total. The van der Waals surface area contributed by atoms with Crippen LogP contribution in [0.25, 0.3) is 5.69 Å². The van der Waals surface area contributed by atoms with Crippen molar-refractivity contribution >= 4 is 5.91 Å². The molecule has 3 aromatic rings. The van der Waals surface area contributed by atoms with Crippen LogP contribution >= 0.6 is 0 Å². The zero-order valence-corrected chi connectivity index (χ0v) is 17.6. The molecule has 30 heavy (non-hydrogen) atoms. The van der Waals surface area contributed by atoms with E-state index in [0.29, 0.717) is 5.69 Å². The van der Waals surface area contributed by atoms with Crippen LogP contribution in [0.3, 0.4) is 0 Å². The third-order valence-electron chi connectivity index (χ3n) is 6.43. The summed E-state index contributed by atoms with van der Waals surface area (Å²) in [5.74, 6) is 0.904. The Hall–Kier alpha value is -3.08. The molecule has 2 aliphatic rings. The Bertz CT molecular complexity index is 1070. The first-order valence-electron chi connectivity index (χ1n) is 10.8. The van der Waals surface area contributed by atoms with E-state index in [0.717, 1.165) is 61.2 Å². The summed E-state index contributed by atoms with van der Waals surface area (Å²) in [6.45, 7) is 2.86. The number of amides is 1. The molecule has 5 heteroatoms. The lowest BCUT2D eigenvalue weighted by Crippen LogP contribution is -2.31. The van der Waals surface area contributed by atoms with Gasteiger partial charge >= 0.3 is 0 Å². The summed E-state index contributed by atoms with van der Waals surface area (Å²) in [7, 11) is 1.67. The van der Waals surface area contributed by atoms with Crippen LogP contribution in [0.4, 0.5) is 0 Å². The van der Waals surface area contributed by atoms with E-state index in [9.17, 15) is 4.79 Å². The van der Waals surface area contributed by atoms with E-state index in [1.54, 1.807) is 7.11 Å². The first kappa shape index (κ1) is 18.9. The van der Waals surface area contributed by atoms with Crippen molar-refractivity contribution in [3.8, 4) is 11.4 Å². The lowest BCUT2D eigenvalue weighted by atomic mass is 10.0. The van der Waals surface area contributed by atoms with Crippen molar-refractivity contribution in [2.75, 3.05) is 13.7 Å². The average Bonchev–Trinajstić information content (AvgIpc) is 3.51. The molecule has 1 aliphatic carbocycles. The standard InChI is InChI=1S/C25H27N3O2/c1-17-8-12-19(13-9-17)28-23-6-3-5-21(23)24(26-28)25(29)27-16-4-7-22(27)18-10-14-20(30-2)15-11-18/h8-15,22H,3-7,16H2,1-2H3. The number of carbonyl (C=O) groups excluding carboxylic acids is 1. The number of benzene rings is 2. The van der Waals surface area contributed by atoms with Crippen LogP contribution < -0.4 is 4.74 Å². The highest BCUT2D eigenvalue weighted by Gasteiger charge is 2.35. The van der Waals surface area contributed by atoms with Crippen molar-refractivity contribution in [2.24, 2.45) is 0 Å². The molecule has 154 valence electrons. The van der Waals surface area contributed by atoms with Gasteiger partial charge in [-0.1, -0.05) is 29.8 Å². The number of hydrogen-bond acceptors (Lipinski definition) is 3. The number of aryl methyl sites for hydroxylation is 1. The normalized spacial score (nSPS) is 17.9. The number of methoxy groups -OCH3 is 1. The van der Waals surface area contributed by atoms with Gasteiger partial charge < -0.3 is 9.64 Å². The van der Waals surface area contributed by atoms with Crippen molar-refractivity contribution in [1.82, 2.24) is 14.7 Å². The van der Waals surface area contributed by atoms with Crippen LogP contribution in [0.5, 0.6) is 5.75 Å². The van der Waals surface area contributed by atoms with Crippen LogP contribution in [-0.4, -0.2) is 34.2 Å². The van der Waals surface area contributed by atoms with E-state index in [1.807, 2.05) is 21.7 Å². The second kappa shape index (κ2) is 7.63. The number of fused-ring (bicyclic) bond motifs is 1. The first-order valence-corrected chi connectivity index (χ1v) is 10.8. The molecular weight excluding hydrogens is 374 g/mol. The topological polar surface area (TPSA) is 47.4 Å². The summed E-state index contributed by atoms with van der Waals surface area (Å²) in [6, 6.07) is 16.6. The summed E-state index contributed by atoms with van der Waals surface area (Å²) in [5, 5.41) is 4.84. The SMILES string of the molecule is COc1ccc(C2CCCN2C(=O)c2nn(-c3ccc(C)cc3)c3c2CCC3)cc1. The molecule has 0 spiro atoms. The molecule has 1 aromatic heterocycles. The summed E-state index contributed by atoms with van der Waals surface area (Å²) in [6.07, 6.45) is 5.00. The van der Waals surface area contributed by atoms with E-state index >= 15 is 0 Å². The van der Waals surface area contributed by atoms with Crippen molar-refractivity contribution in [1.29, 1.82) is 0 Å². The number of carbonyl (C=O) groups is 1. The van der Waals surface area contributed by atoms with Gasteiger partial charge in [0.15, 0.2) is 5.69 Å². The molecule has 0 N–H and O–H groups in total. The van der Waals surface area contributed by atoms with Gasteiger partial charge in [0.05, 0.1) is 18.8 Å². The van der Waals surface area contributed by atoms with E-state index < -0.39 is 0 Å². The second-order valence-electron chi connectivity index (χ2n) is 8.30. The summed E-state index contributed by atoms with van der Waals surface area (Å²) < 4.78 is 7.28. The first-order chi connectivity index (χ1) is 14.7. The van der Waals surface area contributed by atoms with Gasteiger partial charge in [-0.25, -0.2) is 4.68 Å². The van der Waals surface area contributed by atoms with Crippen LogP contribution in [-0.2, 0) is 12.8 Å². The fraction of sp³-hybridized carbons (Fsp3) is 0.360.